The van der Waals surface area contributed by atoms with Crippen molar-refractivity contribution < 1.29 is 8.78 Å². The molecule has 0 spiro atoms. The van der Waals surface area contributed by atoms with Gasteiger partial charge in [-0.2, -0.15) is 5.26 Å². The quantitative estimate of drug-likeness (QED) is 0.368. The number of hydrogen-bond donors (Lipinski definition) is 0. The van der Waals surface area contributed by atoms with Crippen LogP contribution < -0.4 is 0 Å². The molecule has 2 saturated carbocycles. The normalized spacial score (nSPS) is 17.8. The molecule has 0 bridgehead atoms. The molecule has 4 rings (SSSR count). The van der Waals surface area contributed by atoms with Gasteiger partial charge in [-0.25, -0.2) is 8.78 Å². The Morgan fingerprint density at radius 3 is 1.88 bits per heavy atom. The number of halogens is 2. The second kappa shape index (κ2) is 11.7. The second-order valence-electron chi connectivity index (χ2n) is 9.56. The number of hydrogen-bond acceptors (Lipinski definition) is 2. The summed E-state index contributed by atoms with van der Waals surface area (Å²) in [5, 5.41) is 7.32. The molecule has 2 aliphatic carbocycles. The summed E-state index contributed by atoms with van der Waals surface area (Å²) >= 11 is 0. The molecule has 2 aliphatic rings. The minimum atomic E-state index is -1.24. The Morgan fingerprint density at radius 1 is 0.879 bits per heavy atom. The smallest absolute Gasteiger partial charge is 0.136 e. The third-order valence-corrected chi connectivity index (χ3v) is 7.12. The molecule has 0 radical (unpaired) electrons. The van der Waals surface area contributed by atoms with E-state index in [9.17, 15) is 0 Å². The highest BCUT2D eigenvalue weighted by molar-refractivity contribution is 5.44. The molecule has 0 unspecified atom stereocenters. The summed E-state index contributed by atoms with van der Waals surface area (Å²) in [4.78, 5) is 2.47. The van der Waals surface area contributed by atoms with Crippen molar-refractivity contribution in [2.45, 2.75) is 89.5 Å². The fourth-order valence-electron chi connectivity index (χ4n) is 5.12. The van der Waals surface area contributed by atoms with E-state index >= 15 is 8.78 Å². The van der Waals surface area contributed by atoms with Crippen molar-refractivity contribution in [2.75, 3.05) is 13.1 Å². The average molecular weight is 453 g/mol. The predicted octanol–water partition coefficient (Wildman–Crippen LogP) is 7.76. The topological polar surface area (TPSA) is 27.0 Å². The van der Waals surface area contributed by atoms with Gasteiger partial charge in [0.25, 0.3) is 0 Å². The zero-order valence-electron chi connectivity index (χ0n) is 20.3. The van der Waals surface area contributed by atoms with Crippen LogP contribution in [0, 0.1) is 11.3 Å². The molecule has 33 heavy (non-hydrogen) atoms. The molecule has 4 heteroatoms. The van der Waals surface area contributed by atoms with Crippen LogP contribution in [0.15, 0.2) is 48.5 Å². The Balaban J connectivity index is 0.000000968. The molecule has 2 nitrogen and oxygen atoms in total. The summed E-state index contributed by atoms with van der Waals surface area (Å²) in [7, 11) is 0. The van der Waals surface area contributed by atoms with E-state index < -0.39 is 11.3 Å². The van der Waals surface area contributed by atoms with Crippen molar-refractivity contribution in [3.63, 3.8) is 0 Å². The van der Waals surface area contributed by atoms with E-state index in [0.29, 0.717) is 25.7 Å². The van der Waals surface area contributed by atoms with Crippen LogP contribution in [0.2, 0.25) is 0 Å². The molecule has 0 aliphatic heterocycles. The zero-order chi connectivity index (χ0) is 23.7. The summed E-state index contributed by atoms with van der Waals surface area (Å²) in [6.07, 6.45) is 7.00. The van der Waals surface area contributed by atoms with Gasteiger partial charge in [-0.3, -0.25) is 4.90 Å². The van der Waals surface area contributed by atoms with Gasteiger partial charge in [0.05, 0.1) is 6.07 Å². The fraction of sp³-hybridized carbons (Fsp3) is 0.552. The Hall–Kier alpha value is -2.25. The van der Waals surface area contributed by atoms with Crippen LogP contribution in [0.3, 0.4) is 0 Å². The minimum absolute atomic E-state index is 0.582. The lowest BCUT2D eigenvalue weighted by Crippen LogP contribution is -2.34. The molecule has 0 N–H and O–H groups in total. The lowest BCUT2D eigenvalue weighted by atomic mass is 9.69. The third-order valence-electron chi connectivity index (χ3n) is 7.12. The van der Waals surface area contributed by atoms with Crippen molar-refractivity contribution in [3.8, 4) is 6.07 Å². The largest absolute Gasteiger partial charge is 0.299 e. The van der Waals surface area contributed by atoms with Crippen LogP contribution in [0.4, 0.5) is 8.78 Å². The number of benzene rings is 2. The Bertz CT molecular complexity index is 873. The standard InChI is InChI=1S/C27H35F2N.C2H3N/c1-2-19-30(21-22-10-4-3-5-11-22)20-7-12-23-24(26(28)15-8-16-26)13-6-14-25(23)27(29)17-9-18-27;1-2-3/h3-6,10-11,13-14H,2,7-9,12,15-21H2,1H3;1H3. The summed E-state index contributed by atoms with van der Waals surface area (Å²) in [6, 6.07) is 18.0. The highest BCUT2D eigenvalue weighted by Crippen LogP contribution is 2.51. The predicted molar refractivity (Wildman–Crippen MR) is 131 cm³/mol. The van der Waals surface area contributed by atoms with Crippen LogP contribution in [0.5, 0.6) is 0 Å². The maximum atomic E-state index is 15.5. The van der Waals surface area contributed by atoms with Crippen molar-refractivity contribution in [3.05, 3.63) is 70.8 Å². The van der Waals surface area contributed by atoms with Gasteiger partial charge in [0.1, 0.15) is 11.3 Å². The third kappa shape index (κ3) is 6.21. The van der Waals surface area contributed by atoms with Gasteiger partial charge in [-0.05, 0) is 93.1 Å². The van der Waals surface area contributed by atoms with E-state index in [0.717, 1.165) is 68.4 Å². The summed E-state index contributed by atoms with van der Waals surface area (Å²) in [6.45, 7) is 6.57. The van der Waals surface area contributed by atoms with Crippen molar-refractivity contribution in [2.24, 2.45) is 0 Å². The van der Waals surface area contributed by atoms with E-state index in [1.807, 2.05) is 24.3 Å². The van der Waals surface area contributed by atoms with Crippen LogP contribution in [0.25, 0.3) is 0 Å². The van der Waals surface area contributed by atoms with Gasteiger partial charge in [0.2, 0.25) is 0 Å². The van der Waals surface area contributed by atoms with Gasteiger partial charge in [0, 0.05) is 13.5 Å². The van der Waals surface area contributed by atoms with Crippen LogP contribution in [-0.4, -0.2) is 18.0 Å². The maximum Gasteiger partial charge on any atom is 0.136 e. The van der Waals surface area contributed by atoms with Crippen molar-refractivity contribution >= 4 is 0 Å². The van der Waals surface area contributed by atoms with Gasteiger partial charge in [-0.1, -0.05) is 55.5 Å². The van der Waals surface area contributed by atoms with Gasteiger partial charge in [0.15, 0.2) is 0 Å². The molecular weight excluding hydrogens is 414 g/mol. The number of nitrogens with zero attached hydrogens (tertiary/aromatic N) is 2. The summed E-state index contributed by atoms with van der Waals surface area (Å²) < 4.78 is 30.9. The first-order valence-electron chi connectivity index (χ1n) is 12.5. The lowest BCUT2D eigenvalue weighted by molar-refractivity contribution is 0.0513. The minimum Gasteiger partial charge on any atom is -0.299 e. The SMILES string of the molecule is CC#N.CCCN(CCCc1c(C2(F)CCC2)cccc1C1(F)CCC1)Cc1ccccc1. The van der Waals surface area contributed by atoms with E-state index in [2.05, 4.69) is 36.1 Å². The van der Waals surface area contributed by atoms with Gasteiger partial charge >= 0.3 is 0 Å². The second-order valence-corrected chi connectivity index (χ2v) is 9.56. The van der Waals surface area contributed by atoms with Crippen LogP contribution in [-0.2, 0) is 24.3 Å². The monoisotopic (exact) mass is 452 g/mol. The highest BCUT2D eigenvalue weighted by atomic mass is 19.1. The molecule has 2 aromatic rings. The number of rotatable bonds is 10. The van der Waals surface area contributed by atoms with Crippen molar-refractivity contribution in [1.82, 2.24) is 4.90 Å². The molecular formula is C29H38F2N2. The Labute approximate surface area is 198 Å². The van der Waals surface area contributed by atoms with Gasteiger partial charge < -0.3 is 0 Å². The van der Waals surface area contributed by atoms with E-state index in [1.54, 1.807) is 6.07 Å². The first-order valence-corrected chi connectivity index (χ1v) is 12.5. The molecule has 178 valence electrons. The first kappa shape index (κ1) is 25.4. The van der Waals surface area contributed by atoms with Crippen LogP contribution in [0.1, 0.15) is 87.5 Å². The zero-order valence-corrected chi connectivity index (χ0v) is 20.3. The Morgan fingerprint density at radius 2 is 1.42 bits per heavy atom. The van der Waals surface area contributed by atoms with Gasteiger partial charge in [-0.15, -0.1) is 0 Å². The lowest BCUT2D eigenvalue weighted by Gasteiger charge is -2.40. The summed E-state index contributed by atoms with van der Waals surface area (Å²) in [5.41, 5.74) is 1.37. The summed E-state index contributed by atoms with van der Waals surface area (Å²) in [5.74, 6) is 0. The molecule has 0 saturated heterocycles. The highest BCUT2D eigenvalue weighted by Gasteiger charge is 2.45. The van der Waals surface area contributed by atoms with E-state index in [1.165, 1.54) is 12.5 Å². The maximum absolute atomic E-state index is 15.5. The van der Waals surface area contributed by atoms with E-state index in [4.69, 9.17) is 5.26 Å². The molecule has 0 atom stereocenters. The molecule has 0 amide bonds. The average Bonchev–Trinajstić information content (AvgIpc) is 2.77. The van der Waals surface area contributed by atoms with Crippen LogP contribution >= 0.6 is 0 Å². The molecule has 0 heterocycles. The molecule has 2 fully saturated rings. The first-order chi connectivity index (χ1) is 16.0. The Kier molecular flexibility index (Phi) is 9.03. The van der Waals surface area contributed by atoms with E-state index in [-0.39, 0.29) is 0 Å². The molecule has 0 aromatic heterocycles. The molecule has 2 aromatic carbocycles. The number of nitriles is 1. The van der Waals surface area contributed by atoms with Crippen molar-refractivity contribution in [1.29, 1.82) is 5.26 Å². The number of alkyl halides is 2. The fourth-order valence-corrected chi connectivity index (χ4v) is 5.12.